The first-order chi connectivity index (χ1) is 11.2. The second-order valence-corrected chi connectivity index (χ2v) is 5.67. The van der Waals surface area contributed by atoms with Crippen LogP contribution in [0.3, 0.4) is 0 Å². The van der Waals surface area contributed by atoms with Crippen LogP contribution in [0.4, 0.5) is 4.39 Å². The summed E-state index contributed by atoms with van der Waals surface area (Å²) >= 11 is 0. The van der Waals surface area contributed by atoms with Crippen LogP contribution in [-0.2, 0) is 6.54 Å². The Morgan fingerprint density at radius 3 is 2.96 bits per heavy atom. The van der Waals surface area contributed by atoms with Gasteiger partial charge in [-0.05, 0) is 24.6 Å². The van der Waals surface area contributed by atoms with Gasteiger partial charge in [-0.3, -0.25) is 4.90 Å². The van der Waals surface area contributed by atoms with E-state index in [4.69, 9.17) is 13.9 Å². The lowest BCUT2D eigenvalue weighted by molar-refractivity contribution is -0.0276. The average Bonchev–Trinajstić information content (AvgIpc) is 3.05. The lowest BCUT2D eigenvalue weighted by atomic mass is 10.0. The second-order valence-electron chi connectivity index (χ2n) is 5.67. The van der Waals surface area contributed by atoms with Crippen LogP contribution in [0.1, 0.15) is 12.0 Å². The Morgan fingerprint density at radius 1 is 1.35 bits per heavy atom. The molecule has 1 aromatic carbocycles. The lowest BCUT2D eigenvalue weighted by Gasteiger charge is -2.36. The van der Waals surface area contributed by atoms with Gasteiger partial charge in [0.15, 0.2) is 11.5 Å². The first kappa shape index (κ1) is 15.8. The maximum Gasteiger partial charge on any atom is 0.163 e. The molecule has 1 saturated heterocycles. The normalized spacial score (nSPS) is 22.0. The van der Waals surface area contributed by atoms with E-state index in [2.05, 4.69) is 4.90 Å². The second kappa shape index (κ2) is 7.02. The van der Waals surface area contributed by atoms with E-state index in [9.17, 15) is 9.50 Å². The molecule has 0 spiro atoms. The number of rotatable bonds is 5. The Labute approximate surface area is 134 Å². The highest BCUT2D eigenvalue weighted by Gasteiger charge is 2.30. The molecular weight excluding hydrogens is 301 g/mol. The largest absolute Gasteiger partial charge is 0.493 e. The Kier molecular flexibility index (Phi) is 4.83. The van der Waals surface area contributed by atoms with Crippen molar-refractivity contribution < 1.29 is 23.4 Å². The number of aliphatic hydroxyl groups is 1. The summed E-state index contributed by atoms with van der Waals surface area (Å²) < 4.78 is 29.4. The number of hydrogen-bond donors (Lipinski definition) is 1. The Balaban J connectivity index is 1.68. The summed E-state index contributed by atoms with van der Waals surface area (Å²) in [5.74, 6) is 0.368. The van der Waals surface area contributed by atoms with E-state index >= 15 is 0 Å². The molecule has 0 saturated carbocycles. The molecular formula is C17H20FNO4. The number of ether oxygens (including phenoxy) is 2. The number of hydrogen-bond acceptors (Lipinski definition) is 5. The van der Waals surface area contributed by atoms with Gasteiger partial charge in [-0.25, -0.2) is 4.39 Å². The van der Waals surface area contributed by atoms with Gasteiger partial charge in [0.2, 0.25) is 0 Å². The summed E-state index contributed by atoms with van der Waals surface area (Å²) in [5, 5.41) is 10.2. The quantitative estimate of drug-likeness (QED) is 0.917. The number of methoxy groups -OCH3 is 1. The van der Waals surface area contributed by atoms with Crippen molar-refractivity contribution in [3.63, 3.8) is 0 Å². The molecule has 1 aromatic heterocycles. The first-order valence-electron chi connectivity index (χ1n) is 7.57. The van der Waals surface area contributed by atoms with Crippen LogP contribution in [-0.4, -0.2) is 42.4 Å². The summed E-state index contributed by atoms with van der Waals surface area (Å²) in [7, 11) is 1.46. The molecule has 5 nitrogen and oxygen atoms in total. The molecule has 0 radical (unpaired) electrons. The molecule has 23 heavy (non-hydrogen) atoms. The highest BCUT2D eigenvalue weighted by Crippen LogP contribution is 2.30. The van der Waals surface area contributed by atoms with Gasteiger partial charge in [-0.2, -0.15) is 0 Å². The molecule has 2 aromatic rings. The fraction of sp³-hybridized carbons (Fsp3) is 0.412. The van der Waals surface area contributed by atoms with Gasteiger partial charge in [0.05, 0.1) is 25.7 Å². The van der Waals surface area contributed by atoms with Gasteiger partial charge in [0.25, 0.3) is 0 Å². The monoisotopic (exact) mass is 321 g/mol. The third-order valence-electron chi connectivity index (χ3n) is 4.00. The fourth-order valence-corrected chi connectivity index (χ4v) is 2.77. The van der Waals surface area contributed by atoms with Crippen LogP contribution in [0.25, 0.3) is 0 Å². The number of furan rings is 1. The number of halogens is 1. The topological polar surface area (TPSA) is 55.1 Å². The fourth-order valence-electron chi connectivity index (χ4n) is 2.77. The minimum Gasteiger partial charge on any atom is -0.493 e. The van der Waals surface area contributed by atoms with Crippen molar-refractivity contribution >= 4 is 0 Å². The van der Waals surface area contributed by atoms with Crippen molar-refractivity contribution in [1.82, 2.24) is 4.90 Å². The first-order valence-corrected chi connectivity index (χ1v) is 7.57. The molecule has 124 valence electrons. The summed E-state index contributed by atoms with van der Waals surface area (Å²) in [6, 6.07) is 6.03. The van der Waals surface area contributed by atoms with E-state index in [1.54, 1.807) is 12.5 Å². The van der Waals surface area contributed by atoms with Crippen molar-refractivity contribution in [3.8, 4) is 11.5 Å². The molecule has 3 rings (SSSR count). The third kappa shape index (κ3) is 3.83. The van der Waals surface area contributed by atoms with Gasteiger partial charge in [0, 0.05) is 31.3 Å². The molecule has 0 aliphatic carbocycles. The molecule has 1 aliphatic heterocycles. The predicted molar refractivity (Wildman–Crippen MR) is 82.0 cm³/mol. The minimum atomic E-state index is -0.564. The van der Waals surface area contributed by atoms with Gasteiger partial charge in [-0.1, -0.05) is 0 Å². The number of piperidine rings is 1. The molecule has 0 amide bonds. The predicted octanol–water partition coefficient (Wildman–Crippen LogP) is 2.44. The van der Waals surface area contributed by atoms with E-state index in [0.29, 0.717) is 24.5 Å². The van der Waals surface area contributed by atoms with Crippen molar-refractivity contribution in [2.45, 2.75) is 25.2 Å². The van der Waals surface area contributed by atoms with Crippen molar-refractivity contribution in [2.24, 2.45) is 0 Å². The summed E-state index contributed by atoms with van der Waals surface area (Å²) in [4.78, 5) is 2.19. The molecule has 6 heteroatoms. The SMILES string of the molecule is COc1cc(F)ccc1O[C@@H]1CN(Cc2ccoc2)CC[C@H]1O. The standard InChI is InChI=1S/C17H20FNO4/c1-21-16-8-13(18)2-3-15(16)23-17-10-19(6-4-14(17)20)9-12-5-7-22-11-12/h2-3,5,7-8,11,14,17,20H,4,6,9-10H2,1H3/t14-,17-/m1/s1. The maximum atomic E-state index is 13.3. The molecule has 0 unspecified atom stereocenters. The summed E-state index contributed by atoms with van der Waals surface area (Å²) in [6.45, 7) is 2.10. The van der Waals surface area contributed by atoms with Gasteiger partial charge in [0.1, 0.15) is 11.9 Å². The van der Waals surface area contributed by atoms with Crippen LogP contribution in [0.15, 0.2) is 41.2 Å². The Hall–Kier alpha value is -2.05. The zero-order valence-corrected chi connectivity index (χ0v) is 12.9. The Morgan fingerprint density at radius 2 is 2.22 bits per heavy atom. The molecule has 2 atom stereocenters. The van der Waals surface area contributed by atoms with Crippen LogP contribution in [0.2, 0.25) is 0 Å². The van der Waals surface area contributed by atoms with Gasteiger partial charge >= 0.3 is 0 Å². The van der Waals surface area contributed by atoms with E-state index in [1.165, 1.54) is 25.3 Å². The highest BCUT2D eigenvalue weighted by atomic mass is 19.1. The van der Waals surface area contributed by atoms with Crippen LogP contribution in [0.5, 0.6) is 11.5 Å². The van der Waals surface area contributed by atoms with Crippen LogP contribution in [0, 0.1) is 5.82 Å². The van der Waals surface area contributed by atoms with Crippen LogP contribution >= 0.6 is 0 Å². The third-order valence-corrected chi connectivity index (χ3v) is 4.00. The zero-order valence-electron chi connectivity index (χ0n) is 12.9. The number of nitrogens with zero attached hydrogens (tertiary/aromatic N) is 1. The van der Waals surface area contributed by atoms with E-state index < -0.39 is 12.2 Å². The van der Waals surface area contributed by atoms with Crippen molar-refractivity contribution in [3.05, 3.63) is 48.2 Å². The molecule has 1 fully saturated rings. The summed E-state index contributed by atoms with van der Waals surface area (Å²) in [6.07, 6.45) is 3.02. The van der Waals surface area contributed by atoms with Gasteiger partial charge in [-0.15, -0.1) is 0 Å². The molecule has 1 N–H and O–H groups in total. The number of aliphatic hydroxyl groups excluding tert-OH is 1. The minimum absolute atomic E-state index is 0.323. The van der Waals surface area contributed by atoms with Crippen molar-refractivity contribution in [1.29, 1.82) is 0 Å². The van der Waals surface area contributed by atoms with Gasteiger partial charge < -0.3 is 19.0 Å². The molecule has 1 aliphatic rings. The average molecular weight is 321 g/mol. The molecule has 2 heterocycles. The number of benzene rings is 1. The van der Waals surface area contributed by atoms with E-state index in [0.717, 1.165) is 18.7 Å². The van der Waals surface area contributed by atoms with Crippen molar-refractivity contribution in [2.75, 3.05) is 20.2 Å². The summed E-state index contributed by atoms with van der Waals surface area (Å²) in [5.41, 5.74) is 1.08. The van der Waals surface area contributed by atoms with E-state index in [1.807, 2.05) is 6.07 Å². The number of likely N-dealkylation sites (tertiary alicyclic amines) is 1. The smallest absolute Gasteiger partial charge is 0.163 e. The van der Waals surface area contributed by atoms with E-state index in [-0.39, 0.29) is 5.82 Å². The van der Waals surface area contributed by atoms with Crippen LogP contribution < -0.4 is 9.47 Å². The zero-order chi connectivity index (χ0) is 16.2. The molecule has 0 bridgehead atoms. The maximum absolute atomic E-state index is 13.3. The highest BCUT2D eigenvalue weighted by molar-refractivity contribution is 5.40. The Bertz CT molecular complexity index is 632. The lowest BCUT2D eigenvalue weighted by Crippen LogP contribution is -2.49.